The van der Waals surface area contributed by atoms with Crippen LogP contribution in [0.1, 0.15) is 39.3 Å². The van der Waals surface area contributed by atoms with Crippen LogP contribution in [0.3, 0.4) is 0 Å². The van der Waals surface area contributed by atoms with Crippen molar-refractivity contribution in [2.75, 3.05) is 7.05 Å². The lowest BCUT2D eigenvalue weighted by Crippen LogP contribution is -2.46. The first kappa shape index (κ1) is 23.2. The molecular formula is C23H28N4O5. The molecule has 1 amide bonds. The van der Waals surface area contributed by atoms with Crippen LogP contribution in [-0.2, 0) is 17.8 Å². The third-order valence-corrected chi connectivity index (χ3v) is 5.62. The molecule has 0 saturated heterocycles. The smallest absolute Gasteiger partial charge is 0.407 e. The highest BCUT2D eigenvalue weighted by Gasteiger charge is 2.31. The number of nitro groups is 1. The number of carbonyl (C=O) groups is 1. The average molecular weight is 441 g/mol. The molecule has 0 spiro atoms. The van der Waals surface area contributed by atoms with E-state index in [-0.39, 0.29) is 41.6 Å². The SMILES string of the molecule is CN(C(=O)CCCn1c(=O)oc2cc([N+](=O)[O-])ccc21)[C@H](Cc1ccccn1)C(C)(C)C. The van der Waals surface area contributed by atoms with Crippen LogP contribution in [0, 0.1) is 15.5 Å². The van der Waals surface area contributed by atoms with Crippen LogP contribution in [0.25, 0.3) is 11.1 Å². The molecule has 0 radical (unpaired) electrons. The molecule has 9 nitrogen and oxygen atoms in total. The van der Waals surface area contributed by atoms with E-state index >= 15 is 0 Å². The summed E-state index contributed by atoms with van der Waals surface area (Å²) in [6.45, 7) is 6.58. The van der Waals surface area contributed by atoms with E-state index in [1.807, 2.05) is 18.2 Å². The summed E-state index contributed by atoms with van der Waals surface area (Å²) in [5.74, 6) is -0.610. The number of non-ortho nitro benzene ring substituents is 1. The number of benzene rings is 1. The van der Waals surface area contributed by atoms with E-state index in [1.165, 1.54) is 22.8 Å². The third-order valence-electron chi connectivity index (χ3n) is 5.62. The molecule has 0 aliphatic rings. The fourth-order valence-corrected chi connectivity index (χ4v) is 3.86. The molecule has 2 aromatic heterocycles. The summed E-state index contributed by atoms with van der Waals surface area (Å²) in [5, 5.41) is 10.9. The van der Waals surface area contributed by atoms with Crippen molar-refractivity contribution >= 4 is 22.7 Å². The second-order valence-corrected chi connectivity index (χ2v) is 8.94. The molecule has 0 fully saturated rings. The number of nitrogens with zero attached hydrogens (tertiary/aromatic N) is 4. The third kappa shape index (κ3) is 5.22. The second-order valence-electron chi connectivity index (χ2n) is 8.94. The summed E-state index contributed by atoms with van der Waals surface area (Å²) in [6.07, 6.45) is 3.10. The van der Waals surface area contributed by atoms with Crippen molar-refractivity contribution in [3.05, 3.63) is 69.0 Å². The van der Waals surface area contributed by atoms with Crippen molar-refractivity contribution in [2.45, 2.75) is 52.6 Å². The van der Waals surface area contributed by atoms with Crippen LogP contribution < -0.4 is 5.76 Å². The zero-order chi connectivity index (χ0) is 23.5. The van der Waals surface area contributed by atoms with Gasteiger partial charge in [0, 0.05) is 50.4 Å². The normalized spacial score (nSPS) is 12.6. The lowest BCUT2D eigenvalue weighted by Gasteiger charge is -2.38. The van der Waals surface area contributed by atoms with Gasteiger partial charge in [-0.25, -0.2) is 4.79 Å². The molecule has 3 rings (SSSR count). The number of nitro benzene ring substituents is 1. The Morgan fingerprint density at radius 1 is 1.28 bits per heavy atom. The van der Waals surface area contributed by atoms with Gasteiger partial charge in [-0.3, -0.25) is 24.5 Å². The van der Waals surface area contributed by atoms with Crippen molar-refractivity contribution < 1.29 is 14.1 Å². The standard InChI is InChI=1S/C23H28N4O5/c1-23(2,3)20(14-16-8-5-6-12-24-16)25(4)21(28)9-7-13-26-18-11-10-17(27(30)31)15-19(18)32-22(26)29/h5-6,8,10-12,15,20H,7,9,13-14H2,1-4H3/t20-/m1/s1. The molecule has 0 unspecified atom stereocenters. The molecule has 0 aliphatic heterocycles. The van der Waals surface area contributed by atoms with E-state index in [4.69, 9.17) is 4.42 Å². The van der Waals surface area contributed by atoms with Crippen molar-refractivity contribution in [2.24, 2.45) is 5.41 Å². The van der Waals surface area contributed by atoms with Gasteiger partial charge in [0.25, 0.3) is 5.69 Å². The number of hydrogen-bond donors (Lipinski definition) is 0. The zero-order valence-corrected chi connectivity index (χ0v) is 18.8. The first-order chi connectivity index (χ1) is 15.1. The number of aromatic nitrogens is 2. The topological polar surface area (TPSA) is 111 Å². The molecule has 0 saturated carbocycles. The summed E-state index contributed by atoms with van der Waals surface area (Å²) in [7, 11) is 1.81. The number of oxazole rings is 1. The van der Waals surface area contributed by atoms with Gasteiger partial charge in [-0.15, -0.1) is 0 Å². The largest absolute Gasteiger partial charge is 0.419 e. The molecule has 0 N–H and O–H groups in total. The molecule has 0 aliphatic carbocycles. The first-order valence-corrected chi connectivity index (χ1v) is 10.5. The lowest BCUT2D eigenvalue weighted by molar-refractivity contribution is -0.384. The molecule has 170 valence electrons. The summed E-state index contributed by atoms with van der Waals surface area (Å²) >= 11 is 0. The zero-order valence-electron chi connectivity index (χ0n) is 18.8. The van der Waals surface area contributed by atoms with Crippen LogP contribution in [0.2, 0.25) is 0 Å². The molecule has 3 aromatic rings. The van der Waals surface area contributed by atoms with Crippen LogP contribution >= 0.6 is 0 Å². The maximum atomic E-state index is 12.9. The summed E-state index contributed by atoms with van der Waals surface area (Å²) < 4.78 is 6.55. The molecule has 1 atom stereocenters. The van der Waals surface area contributed by atoms with Gasteiger partial charge in [0.15, 0.2) is 5.58 Å². The maximum absolute atomic E-state index is 12.9. The highest BCUT2D eigenvalue weighted by Crippen LogP contribution is 2.27. The summed E-state index contributed by atoms with van der Waals surface area (Å²) in [6, 6.07) is 9.78. The fourth-order valence-electron chi connectivity index (χ4n) is 3.86. The molecule has 32 heavy (non-hydrogen) atoms. The summed E-state index contributed by atoms with van der Waals surface area (Å²) in [5.41, 5.74) is 1.28. The van der Waals surface area contributed by atoms with Crippen molar-refractivity contribution in [1.82, 2.24) is 14.5 Å². The predicted molar refractivity (Wildman–Crippen MR) is 120 cm³/mol. The minimum absolute atomic E-state index is 0.0163. The predicted octanol–water partition coefficient (Wildman–Crippen LogP) is 3.79. The number of amides is 1. The monoisotopic (exact) mass is 440 g/mol. The second kappa shape index (κ2) is 9.33. The number of aryl methyl sites for hydroxylation is 1. The minimum Gasteiger partial charge on any atom is -0.407 e. The van der Waals surface area contributed by atoms with Gasteiger partial charge in [-0.2, -0.15) is 0 Å². The van der Waals surface area contributed by atoms with Gasteiger partial charge < -0.3 is 9.32 Å². The van der Waals surface area contributed by atoms with E-state index < -0.39 is 10.7 Å². The highest BCUT2D eigenvalue weighted by molar-refractivity contribution is 5.77. The average Bonchev–Trinajstić information content (AvgIpc) is 3.05. The number of fused-ring (bicyclic) bond motifs is 1. The Balaban J connectivity index is 1.67. The number of hydrogen-bond acceptors (Lipinski definition) is 6. The molecule has 1 aromatic carbocycles. The molecular weight excluding hydrogens is 412 g/mol. The van der Waals surface area contributed by atoms with Gasteiger partial charge >= 0.3 is 5.76 Å². The Bertz CT molecular complexity index is 1160. The van der Waals surface area contributed by atoms with Gasteiger partial charge in [-0.1, -0.05) is 26.8 Å². The highest BCUT2D eigenvalue weighted by atomic mass is 16.6. The van der Waals surface area contributed by atoms with Crippen LogP contribution in [-0.4, -0.2) is 38.4 Å². The first-order valence-electron chi connectivity index (χ1n) is 10.5. The molecule has 0 bridgehead atoms. The van der Waals surface area contributed by atoms with Gasteiger partial charge in [0.2, 0.25) is 5.91 Å². The van der Waals surface area contributed by atoms with Crippen LogP contribution in [0.5, 0.6) is 0 Å². The Morgan fingerprint density at radius 3 is 2.66 bits per heavy atom. The summed E-state index contributed by atoms with van der Waals surface area (Å²) in [4.78, 5) is 41.7. The maximum Gasteiger partial charge on any atom is 0.419 e. The number of carbonyl (C=O) groups excluding carboxylic acids is 1. The van der Waals surface area contributed by atoms with Crippen molar-refractivity contribution in [3.8, 4) is 0 Å². The fraction of sp³-hybridized carbons (Fsp3) is 0.435. The van der Waals surface area contributed by atoms with Crippen LogP contribution in [0.15, 0.2) is 51.8 Å². The quantitative estimate of drug-likeness (QED) is 0.389. The van der Waals surface area contributed by atoms with Gasteiger partial charge in [0.05, 0.1) is 16.5 Å². The Kier molecular flexibility index (Phi) is 6.76. The molecule has 9 heteroatoms. The molecule has 2 heterocycles. The number of rotatable bonds is 8. The van der Waals surface area contributed by atoms with E-state index in [2.05, 4.69) is 25.8 Å². The number of pyridine rings is 1. The lowest BCUT2D eigenvalue weighted by atomic mass is 9.82. The van der Waals surface area contributed by atoms with Gasteiger partial charge in [0.1, 0.15) is 0 Å². The van der Waals surface area contributed by atoms with Crippen molar-refractivity contribution in [3.63, 3.8) is 0 Å². The number of likely N-dealkylation sites (N-methyl/N-ethyl adjacent to an activating group) is 1. The van der Waals surface area contributed by atoms with E-state index in [0.717, 1.165) is 5.69 Å². The Hall–Kier alpha value is -3.49. The van der Waals surface area contributed by atoms with E-state index in [9.17, 15) is 19.7 Å². The Morgan fingerprint density at radius 2 is 2.03 bits per heavy atom. The van der Waals surface area contributed by atoms with Crippen molar-refractivity contribution in [1.29, 1.82) is 0 Å². The minimum atomic E-state index is -0.593. The van der Waals surface area contributed by atoms with E-state index in [0.29, 0.717) is 18.4 Å². The van der Waals surface area contributed by atoms with E-state index in [1.54, 1.807) is 18.1 Å². The van der Waals surface area contributed by atoms with Crippen LogP contribution in [0.4, 0.5) is 5.69 Å². The Labute approximate surface area is 185 Å². The van der Waals surface area contributed by atoms with Gasteiger partial charge in [-0.05, 0) is 30.0 Å².